The van der Waals surface area contributed by atoms with E-state index in [0.717, 1.165) is 17.7 Å². The molecule has 6 nitrogen and oxygen atoms in total. The van der Waals surface area contributed by atoms with Crippen LogP contribution in [0.15, 0.2) is 83.0 Å². The Balaban J connectivity index is 1.63. The van der Waals surface area contributed by atoms with E-state index in [-0.39, 0.29) is 17.7 Å². The Kier molecular flexibility index (Phi) is 6.09. The molecule has 1 aliphatic heterocycles. The molecule has 0 spiro atoms. The number of carbonyl (C=O) groups excluding carboxylic acids is 1. The van der Waals surface area contributed by atoms with Crippen molar-refractivity contribution in [2.45, 2.75) is 26.3 Å². The van der Waals surface area contributed by atoms with Gasteiger partial charge in [0.2, 0.25) is 5.82 Å². The van der Waals surface area contributed by atoms with Gasteiger partial charge in [0.15, 0.2) is 0 Å². The third-order valence-electron chi connectivity index (χ3n) is 6.05. The predicted molar refractivity (Wildman–Crippen MR) is 133 cm³/mol. The van der Waals surface area contributed by atoms with Crippen LogP contribution in [0.2, 0.25) is 5.02 Å². The molecule has 0 fully saturated rings. The topological polar surface area (TPSA) is 71.3 Å². The van der Waals surface area contributed by atoms with Crippen molar-refractivity contribution in [3.05, 3.63) is 106 Å². The van der Waals surface area contributed by atoms with E-state index in [1.165, 1.54) is 17.7 Å². The number of allylic oxidation sites excluding steroid dienone is 1. The number of aryl methyl sites for hydroxylation is 1. The number of amides is 2. The zero-order valence-electron chi connectivity index (χ0n) is 19.1. The van der Waals surface area contributed by atoms with Crippen LogP contribution in [0.25, 0.3) is 17.0 Å². The molecule has 2 amide bonds. The fourth-order valence-corrected chi connectivity index (χ4v) is 4.29. The van der Waals surface area contributed by atoms with Crippen molar-refractivity contribution < 1.29 is 13.7 Å². The first-order chi connectivity index (χ1) is 16.9. The zero-order chi connectivity index (χ0) is 24.5. The quantitative estimate of drug-likeness (QED) is 0.335. The lowest BCUT2D eigenvalue weighted by Crippen LogP contribution is -2.46. The molecular formula is C27H22ClFN4O2. The molecule has 1 aromatic heterocycles. The van der Waals surface area contributed by atoms with Crippen LogP contribution in [0.3, 0.4) is 0 Å². The number of aromatic nitrogens is 2. The van der Waals surface area contributed by atoms with E-state index in [1.807, 2.05) is 43.3 Å². The molecule has 8 heteroatoms. The molecule has 4 aromatic rings. The molecule has 3 aromatic carbocycles. The number of rotatable bonds is 5. The van der Waals surface area contributed by atoms with Crippen LogP contribution in [0, 0.1) is 5.82 Å². The minimum Gasteiger partial charge on any atom is -0.334 e. The van der Waals surface area contributed by atoms with Crippen LogP contribution in [-0.2, 0) is 6.42 Å². The molecule has 0 bridgehead atoms. The van der Waals surface area contributed by atoms with Crippen LogP contribution in [0.1, 0.15) is 36.9 Å². The van der Waals surface area contributed by atoms with Gasteiger partial charge in [-0.25, -0.2) is 9.18 Å². The number of nitrogens with one attached hydrogen (secondary N) is 1. The summed E-state index contributed by atoms with van der Waals surface area (Å²) in [6.45, 7) is 3.93. The highest BCUT2D eigenvalue weighted by Gasteiger charge is 2.36. The van der Waals surface area contributed by atoms with Crippen molar-refractivity contribution in [2.75, 3.05) is 4.90 Å². The van der Waals surface area contributed by atoms with Gasteiger partial charge >= 0.3 is 6.03 Å². The predicted octanol–water partition coefficient (Wildman–Crippen LogP) is 6.79. The minimum absolute atomic E-state index is 0.261. The summed E-state index contributed by atoms with van der Waals surface area (Å²) >= 11 is 6.10. The smallest absolute Gasteiger partial charge is 0.326 e. The van der Waals surface area contributed by atoms with Crippen LogP contribution in [0.5, 0.6) is 0 Å². The van der Waals surface area contributed by atoms with Crippen molar-refractivity contribution >= 4 is 28.9 Å². The molecule has 0 saturated carbocycles. The molecule has 1 aliphatic rings. The Morgan fingerprint density at radius 2 is 1.71 bits per heavy atom. The number of anilines is 1. The monoisotopic (exact) mass is 488 g/mol. The number of carbonyl (C=O) groups is 1. The van der Waals surface area contributed by atoms with Crippen LogP contribution in [-0.4, -0.2) is 16.2 Å². The summed E-state index contributed by atoms with van der Waals surface area (Å²) in [6, 6.07) is 20.1. The summed E-state index contributed by atoms with van der Waals surface area (Å²) in [5, 5.41) is 7.78. The van der Waals surface area contributed by atoms with E-state index in [0.29, 0.717) is 27.7 Å². The van der Waals surface area contributed by atoms with E-state index in [1.54, 1.807) is 29.2 Å². The second-order valence-corrected chi connectivity index (χ2v) is 8.66. The molecule has 1 unspecified atom stereocenters. The second kappa shape index (κ2) is 9.35. The zero-order valence-corrected chi connectivity index (χ0v) is 19.9. The second-order valence-electron chi connectivity index (χ2n) is 8.22. The van der Waals surface area contributed by atoms with Crippen molar-refractivity contribution in [1.29, 1.82) is 0 Å². The first-order valence-electron chi connectivity index (χ1n) is 11.2. The van der Waals surface area contributed by atoms with E-state index in [4.69, 9.17) is 16.1 Å². The highest BCUT2D eigenvalue weighted by atomic mass is 35.5. The molecule has 176 valence electrons. The molecule has 35 heavy (non-hydrogen) atoms. The maximum Gasteiger partial charge on any atom is 0.326 e. The number of hydrogen-bond donors (Lipinski definition) is 1. The number of nitrogens with zero attached hydrogens (tertiary/aromatic N) is 3. The third-order valence-corrected chi connectivity index (χ3v) is 6.30. The summed E-state index contributed by atoms with van der Waals surface area (Å²) in [5.41, 5.74) is 4.66. The van der Waals surface area contributed by atoms with Gasteiger partial charge in [0, 0.05) is 16.3 Å². The Morgan fingerprint density at radius 3 is 2.37 bits per heavy atom. The van der Waals surface area contributed by atoms with Gasteiger partial charge < -0.3 is 9.84 Å². The van der Waals surface area contributed by atoms with Crippen molar-refractivity contribution in [1.82, 2.24) is 15.5 Å². The summed E-state index contributed by atoms with van der Waals surface area (Å²) in [5.74, 6) is 0.237. The average molecular weight is 489 g/mol. The molecule has 0 aliphatic carbocycles. The first-order valence-corrected chi connectivity index (χ1v) is 11.6. The Morgan fingerprint density at radius 1 is 1.03 bits per heavy atom. The molecule has 0 radical (unpaired) electrons. The minimum atomic E-state index is -0.535. The molecule has 1 atom stereocenters. The lowest BCUT2D eigenvalue weighted by atomic mass is 9.94. The first kappa shape index (κ1) is 22.8. The van der Waals surface area contributed by atoms with Gasteiger partial charge in [0.25, 0.3) is 5.89 Å². The fraction of sp³-hybridized carbons (Fsp3) is 0.148. The van der Waals surface area contributed by atoms with E-state index < -0.39 is 6.04 Å². The molecule has 1 N–H and O–H groups in total. The Hall–Kier alpha value is -3.97. The molecule has 0 saturated heterocycles. The van der Waals surface area contributed by atoms with Crippen molar-refractivity contribution in [2.24, 2.45) is 0 Å². The SMILES string of the molecule is CCc1ccc(N2C(=O)NC(c3ccc(Cl)cc3)C(c3nc(-c4ccc(F)cc4)no3)=C2C)cc1. The van der Waals surface area contributed by atoms with Gasteiger partial charge in [0.05, 0.1) is 17.3 Å². The highest BCUT2D eigenvalue weighted by molar-refractivity contribution is 6.30. The lowest BCUT2D eigenvalue weighted by molar-refractivity contribution is 0.244. The maximum atomic E-state index is 13.4. The summed E-state index contributed by atoms with van der Waals surface area (Å²) in [7, 11) is 0. The van der Waals surface area contributed by atoms with Crippen LogP contribution in [0.4, 0.5) is 14.9 Å². The van der Waals surface area contributed by atoms with Gasteiger partial charge in [0.1, 0.15) is 5.82 Å². The maximum absolute atomic E-state index is 13.4. The van der Waals surface area contributed by atoms with Crippen molar-refractivity contribution in [3.8, 4) is 11.4 Å². The molecule has 5 rings (SSSR count). The largest absolute Gasteiger partial charge is 0.334 e. The van der Waals surface area contributed by atoms with Crippen LogP contribution < -0.4 is 10.2 Å². The summed E-state index contributed by atoms with van der Waals surface area (Å²) in [4.78, 5) is 19.5. The van der Waals surface area contributed by atoms with Gasteiger partial charge in [-0.05, 0) is 73.0 Å². The standard InChI is InChI=1S/C27H22ClFN4O2/c1-3-17-4-14-22(15-5-17)33-16(2)23(24(30-27(33)34)18-6-10-20(28)11-7-18)26-31-25(32-35-26)19-8-12-21(29)13-9-19/h4-15,24H,3H2,1-2H3,(H,30,34). The average Bonchev–Trinajstić information content (AvgIpc) is 3.35. The van der Waals surface area contributed by atoms with Gasteiger partial charge in [-0.15, -0.1) is 0 Å². The number of benzene rings is 3. The Bertz CT molecular complexity index is 1400. The van der Waals surface area contributed by atoms with E-state index in [9.17, 15) is 9.18 Å². The summed E-state index contributed by atoms with van der Waals surface area (Å²) in [6.07, 6.45) is 0.902. The molecular weight excluding hydrogens is 467 g/mol. The van der Waals surface area contributed by atoms with Crippen molar-refractivity contribution in [3.63, 3.8) is 0 Å². The Labute approximate surface area is 207 Å². The number of halogens is 2. The normalized spacial score (nSPS) is 15.9. The van der Waals surface area contributed by atoms with E-state index in [2.05, 4.69) is 22.4 Å². The third kappa shape index (κ3) is 4.42. The van der Waals surface area contributed by atoms with Gasteiger partial charge in [-0.1, -0.05) is 47.9 Å². The number of urea groups is 1. The highest BCUT2D eigenvalue weighted by Crippen LogP contribution is 2.39. The summed E-state index contributed by atoms with van der Waals surface area (Å²) < 4.78 is 19.1. The van der Waals surface area contributed by atoms with Gasteiger partial charge in [-0.3, -0.25) is 4.90 Å². The van der Waals surface area contributed by atoms with Crippen LogP contribution >= 0.6 is 11.6 Å². The van der Waals surface area contributed by atoms with Gasteiger partial charge in [-0.2, -0.15) is 4.98 Å². The fourth-order valence-electron chi connectivity index (χ4n) is 4.17. The number of hydrogen-bond acceptors (Lipinski definition) is 4. The van der Waals surface area contributed by atoms with E-state index >= 15 is 0 Å². The molecule has 2 heterocycles. The lowest BCUT2D eigenvalue weighted by Gasteiger charge is -2.35.